The highest BCUT2D eigenvalue weighted by Gasteiger charge is 2.18. The number of likely N-dealkylation sites (N-methyl/N-ethyl adjacent to an activating group) is 1. The van der Waals surface area contributed by atoms with Crippen LogP contribution in [0.15, 0.2) is 0 Å². The van der Waals surface area contributed by atoms with E-state index in [9.17, 15) is 0 Å². The summed E-state index contributed by atoms with van der Waals surface area (Å²) in [6, 6.07) is 0.538. The summed E-state index contributed by atoms with van der Waals surface area (Å²) in [5.74, 6) is 1.69. The molecule has 0 spiro atoms. The summed E-state index contributed by atoms with van der Waals surface area (Å²) in [7, 11) is 0. The Hall–Kier alpha value is -0.0800. The molecule has 0 aliphatic heterocycles. The van der Waals surface area contributed by atoms with Crippen molar-refractivity contribution in [1.82, 2.24) is 5.32 Å². The zero-order valence-electron chi connectivity index (χ0n) is 11.3. The largest absolute Gasteiger partial charge is 0.380 e. The molecule has 1 rings (SSSR count). The van der Waals surface area contributed by atoms with Gasteiger partial charge < -0.3 is 10.1 Å². The van der Waals surface area contributed by atoms with Gasteiger partial charge in [0.05, 0.1) is 6.61 Å². The Kier molecular flexibility index (Phi) is 7.06. The van der Waals surface area contributed by atoms with Crippen molar-refractivity contribution in [2.24, 2.45) is 11.8 Å². The number of rotatable bonds is 9. The van der Waals surface area contributed by atoms with Crippen molar-refractivity contribution in [1.29, 1.82) is 0 Å². The predicted octanol–water partition coefficient (Wildman–Crippen LogP) is 3.22. The van der Waals surface area contributed by atoms with Crippen LogP contribution >= 0.6 is 0 Å². The van der Waals surface area contributed by atoms with Gasteiger partial charge in [0, 0.05) is 12.6 Å². The second kappa shape index (κ2) is 8.08. The van der Waals surface area contributed by atoms with E-state index in [-0.39, 0.29) is 0 Å². The van der Waals surface area contributed by atoms with Crippen molar-refractivity contribution in [2.45, 2.75) is 58.9 Å². The molecule has 0 bridgehead atoms. The van der Waals surface area contributed by atoms with E-state index < -0.39 is 0 Å². The van der Waals surface area contributed by atoms with Crippen LogP contribution in [0.2, 0.25) is 0 Å². The van der Waals surface area contributed by atoms with Crippen molar-refractivity contribution < 1.29 is 4.74 Å². The van der Waals surface area contributed by atoms with E-state index in [0.717, 1.165) is 25.7 Å². The van der Waals surface area contributed by atoms with Crippen LogP contribution in [0.3, 0.4) is 0 Å². The Morgan fingerprint density at radius 3 is 2.56 bits per heavy atom. The molecule has 0 saturated heterocycles. The minimum absolute atomic E-state index is 0.538. The average Bonchev–Trinajstić information content (AvgIpc) is 2.23. The van der Waals surface area contributed by atoms with Gasteiger partial charge in [-0.05, 0) is 24.8 Å². The van der Waals surface area contributed by atoms with Gasteiger partial charge in [-0.25, -0.2) is 0 Å². The number of nitrogens with one attached hydrogen (secondary N) is 1. The summed E-state index contributed by atoms with van der Waals surface area (Å²) in [6.45, 7) is 9.62. The number of ether oxygens (including phenoxy) is 1. The fourth-order valence-electron chi connectivity index (χ4n) is 2.21. The van der Waals surface area contributed by atoms with Gasteiger partial charge >= 0.3 is 0 Å². The monoisotopic (exact) mass is 227 g/mol. The lowest BCUT2D eigenvalue weighted by molar-refractivity contribution is 0.0766. The normalized spacial score (nSPS) is 20.4. The SMILES string of the molecule is CCNC(COCCC1CCC1)C(C)CC. The summed E-state index contributed by atoms with van der Waals surface area (Å²) in [4.78, 5) is 0. The molecule has 0 radical (unpaired) electrons. The molecule has 2 heteroatoms. The van der Waals surface area contributed by atoms with E-state index in [1.54, 1.807) is 0 Å². The Morgan fingerprint density at radius 1 is 1.31 bits per heavy atom. The summed E-state index contributed by atoms with van der Waals surface area (Å²) in [6.07, 6.45) is 6.82. The Morgan fingerprint density at radius 2 is 2.06 bits per heavy atom. The fourth-order valence-corrected chi connectivity index (χ4v) is 2.21. The van der Waals surface area contributed by atoms with Crippen molar-refractivity contribution >= 4 is 0 Å². The highest BCUT2D eigenvalue weighted by atomic mass is 16.5. The molecule has 0 aromatic heterocycles. The maximum atomic E-state index is 5.82. The van der Waals surface area contributed by atoms with Gasteiger partial charge in [-0.1, -0.05) is 46.5 Å². The van der Waals surface area contributed by atoms with Crippen LogP contribution in [-0.4, -0.2) is 25.8 Å². The van der Waals surface area contributed by atoms with Crippen LogP contribution in [0.5, 0.6) is 0 Å². The first-order valence-electron chi connectivity index (χ1n) is 7.09. The lowest BCUT2D eigenvalue weighted by Crippen LogP contribution is -2.38. The van der Waals surface area contributed by atoms with Gasteiger partial charge in [0.1, 0.15) is 0 Å². The van der Waals surface area contributed by atoms with Crippen LogP contribution in [0.4, 0.5) is 0 Å². The fraction of sp³-hybridized carbons (Fsp3) is 1.00. The summed E-state index contributed by atoms with van der Waals surface area (Å²) < 4.78 is 5.82. The summed E-state index contributed by atoms with van der Waals surface area (Å²) >= 11 is 0. The molecular weight excluding hydrogens is 198 g/mol. The molecule has 2 unspecified atom stereocenters. The summed E-state index contributed by atoms with van der Waals surface area (Å²) in [5.41, 5.74) is 0. The predicted molar refractivity (Wildman–Crippen MR) is 69.7 cm³/mol. The van der Waals surface area contributed by atoms with Crippen molar-refractivity contribution in [3.05, 3.63) is 0 Å². The van der Waals surface area contributed by atoms with Gasteiger partial charge in [-0.2, -0.15) is 0 Å². The molecule has 0 aromatic carbocycles. The van der Waals surface area contributed by atoms with Crippen LogP contribution < -0.4 is 5.32 Å². The minimum atomic E-state index is 0.538. The average molecular weight is 227 g/mol. The summed E-state index contributed by atoms with van der Waals surface area (Å²) in [5, 5.41) is 3.52. The van der Waals surface area contributed by atoms with Crippen LogP contribution in [-0.2, 0) is 4.74 Å². The van der Waals surface area contributed by atoms with Crippen LogP contribution in [0, 0.1) is 11.8 Å². The van der Waals surface area contributed by atoms with Gasteiger partial charge in [0.2, 0.25) is 0 Å². The third-order valence-corrected chi connectivity index (χ3v) is 3.99. The molecule has 16 heavy (non-hydrogen) atoms. The zero-order chi connectivity index (χ0) is 11.8. The zero-order valence-corrected chi connectivity index (χ0v) is 11.3. The molecule has 1 saturated carbocycles. The molecule has 1 aliphatic carbocycles. The van der Waals surface area contributed by atoms with Crippen molar-refractivity contribution in [3.8, 4) is 0 Å². The Balaban J connectivity index is 2.05. The first-order valence-corrected chi connectivity index (χ1v) is 7.09. The quantitative estimate of drug-likeness (QED) is 0.611. The Bertz CT molecular complexity index is 168. The van der Waals surface area contributed by atoms with E-state index in [1.807, 2.05) is 0 Å². The number of hydrogen-bond acceptors (Lipinski definition) is 2. The molecule has 1 N–H and O–H groups in total. The van der Waals surface area contributed by atoms with E-state index >= 15 is 0 Å². The lowest BCUT2D eigenvalue weighted by atomic mass is 9.83. The third kappa shape index (κ3) is 4.84. The first-order chi connectivity index (χ1) is 7.77. The van der Waals surface area contributed by atoms with Crippen molar-refractivity contribution in [3.63, 3.8) is 0 Å². The maximum Gasteiger partial charge on any atom is 0.0622 e. The molecule has 2 atom stereocenters. The minimum Gasteiger partial charge on any atom is -0.380 e. The van der Waals surface area contributed by atoms with E-state index in [2.05, 4.69) is 26.1 Å². The van der Waals surface area contributed by atoms with Gasteiger partial charge in [-0.15, -0.1) is 0 Å². The van der Waals surface area contributed by atoms with Crippen LogP contribution in [0.25, 0.3) is 0 Å². The topological polar surface area (TPSA) is 21.3 Å². The van der Waals surface area contributed by atoms with Gasteiger partial charge in [0.15, 0.2) is 0 Å². The van der Waals surface area contributed by atoms with Crippen molar-refractivity contribution in [2.75, 3.05) is 19.8 Å². The van der Waals surface area contributed by atoms with E-state index in [0.29, 0.717) is 12.0 Å². The van der Waals surface area contributed by atoms with Crippen LogP contribution in [0.1, 0.15) is 52.9 Å². The lowest BCUT2D eigenvalue weighted by Gasteiger charge is -2.27. The second-order valence-electron chi connectivity index (χ2n) is 5.21. The number of hydrogen-bond donors (Lipinski definition) is 1. The van der Waals surface area contributed by atoms with Gasteiger partial charge in [0.25, 0.3) is 0 Å². The molecule has 0 amide bonds. The standard InChI is InChI=1S/C14H29NO/c1-4-12(3)14(15-5-2)11-16-10-9-13-7-6-8-13/h12-15H,4-11H2,1-3H3. The molecular formula is C14H29NO. The second-order valence-corrected chi connectivity index (χ2v) is 5.21. The molecule has 96 valence electrons. The molecule has 1 aliphatic rings. The molecule has 0 heterocycles. The smallest absolute Gasteiger partial charge is 0.0622 e. The molecule has 1 fully saturated rings. The van der Waals surface area contributed by atoms with Gasteiger partial charge in [-0.3, -0.25) is 0 Å². The Labute approximate surface area is 101 Å². The molecule has 0 aromatic rings. The highest BCUT2D eigenvalue weighted by molar-refractivity contribution is 4.72. The molecule has 2 nitrogen and oxygen atoms in total. The van der Waals surface area contributed by atoms with E-state index in [1.165, 1.54) is 32.1 Å². The van der Waals surface area contributed by atoms with E-state index in [4.69, 9.17) is 4.74 Å². The third-order valence-electron chi connectivity index (χ3n) is 3.99. The maximum absolute atomic E-state index is 5.82. The highest BCUT2D eigenvalue weighted by Crippen LogP contribution is 2.29. The first kappa shape index (κ1) is 14.0.